The van der Waals surface area contributed by atoms with Gasteiger partial charge in [-0.3, -0.25) is 0 Å². The van der Waals surface area contributed by atoms with Crippen LogP contribution in [0.2, 0.25) is 0 Å². The number of benzene rings is 8. The average molecular weight is 726 g/mol. The molecule has 3 heteroatoms. The van der Waals surface area contributed by atoms with Crippen molar-refractivity contribution in [1.82, 2.24) is 0 Å². The van der Waals surface area contributed by atoms with Crippen LogP contribution >= 0.6 is 11.3 Å². The largest absolute Gasteiger partial charge is 0.456 e. The molecule has 1 fully saturated rings. The van der Waals surface area contributed by atoms with E-state index in [9.17, 15) is 0 Å². The van der Waals surface area contributed by atoms with Gasteiger partial charge in [-0.15, -0.1) is 11.3 Å². The van der Waals surface area contributed by atoms with Crippen LogP contribution in [0.1, 0.15) is 43.6 Å². The average Bonchev–Trinajstić information content (AvgIpc) is 3.82. The van der Waals surface area contributed by atoms with E-state index < -0.39 is 0 Å². The highest BCUT2D eigenvalue weighted by atomic mass is 32.1. The smallest absolute Gasteiger partial charge is 0.137 e. The number of fused-ring (bicyclic) bond motifs is 7. The first-order valence-electron chi connectivity index (χ1n) is 19.6. The van der Waals surface area contributed by atoms with Crippen molar-refractivity contribution in [2.45, 2.75) is 38.0 Å². The summed E-state index contributed by atoms with van der Waals surface area (Å²) in [6, 6.07) is 62.4. The number of nitrogens with zero attached hydrogens (tertiary/aromatic N) is 1. The normalized spacial score (nSPS) is 13.7. The van der Waals surface area contributed by atoms with Crippen LogP contribution in [0.15, 0.2) is 174 Å². The third kappa shape index (κ3) is 5.45. The van der Waals surface area contributed by atoms with Gasteiger partial charge in [0.2, 0.25) is 0 Å². The number of hydrogen-bond acceptors (Lipinski definition) is 3. The molecule has 1 aliphatic carbocycles. The predicted octanol–water partition coefficient (Wildman–Crippen LogP) is 16.0. The molecule has 2 heterocycles. The van der Waals surface area contributed by atoms with Crippen molar-refractivity contribution in [2.24, 2.45) is 0 Å². The van der Waals surface area contributed by atoms with Crippen LogP contribution in [-0.2, 0) is 0 Å². The van der Waals surface area contributed by atoms with Crippen LogP contribution in [0.4, 0.5) is 17.1 Å². The Bertz CT molecular complexity index is 3030. The highest BCUT2D eigenvalue weighted by molar-refractivity contribution is 7.25. The second kappa shape index (κ2) is 13.3. The Morgan fingerprint density at radius 3 is 2.04 bits per heavy atom. The van der Waals surface area contributed by atoms with Gasteiger partial charge in [0, 0.05) is 53.9 Å². The van der Waals surface area contributed by atoms with Gasteiger partial charge >= 0.3 is 0 Å². The molecular weight excluding hydrogens is 687 g/mol. The Balaban J connectivity index is 1.11. The van der Waals surface area contributed by atoms with Gasteiger partial charge in [0.15, 0.2) is 0 Å². The number of para-hydroxylation sites is 2. The zero-order chi connectivity index (χ0) is 36.3. The molecule has 1 aliphatic rings. The van der Waals surface area contributed by atoms with Crippen LogP contribution in [0.25, 0.3) is 75.1 Å². The standard InChI is InChI=1S/C52H39NOS/c1-2-13-34(14-3-1)39-20-10-15-36-16-11-22-44(51(36)39)41-17-4-7-23-46(41)53(38-31-32-43-42-18-5-8-24-47(42)54-48(43)33-38)37-29-27-35(28-30-37)40-21-12-26-50-52(40)45-19-6-9-25-49(45)55-50/h4-12,15-34H,1-3,13-14H2. The number of anilines is 3. The van der Waals surface area contributed by atoms with Crippen molar-refractivity contribution in [3.63, 3.8) is 0 Å². The number of thiophene rings is 1. The van der Waals surface area contributed by atoms with Gasteiger partial charge in [0.25, 0.3) is 0 Å². The summed E-state index contributed by atoms with van der Waals surface area (Å²) in [5, 5.41) is 7.62. The Hall–Kier alpha value is -6.16. The summed E-state index contributed by atoms with van der Waals surface area (Å²) < 4.78 is 9.13. The van der Waals surface area contributed by atoms with Gasteiger partial charge in [-0.05, 0) is 100 Å². The fraction of sp³-hybridized carbons (Fsp3) is 0.115. The van der Waals surface area contributed by atoms with Gasteiger partial charge in [-0.25, -0.2) is 0 Å². The monoisotopic (exact) mass is 725 g/mol. The lowest BCUT2D eigenvalue weighted by atomic mass is 9.80. The van der Waals surface area contributed by atoms with Gasteiger partial charge in [-0.1, -0.05) is 135 Å². The van der Waals surface area contributed by atoms with E-state index in [1.54, 1.807) is 0 Å². The molecule has 0 atom stereocenters. The maximum Gasteiger partial charge on any atom is 0.137 e. The van der Waals surface area contributed by atoms with Crippen LogP contribution in [0.5, 0.6) is 0 Å². The molecule has 0 amide bonds. The zero-order valence-corrected chi connectivity index (χ0v) is 31.4. The lowest BCUT2D eigenvalue weighted by molar-refractivity contribution is 0.445. The van der Waals surface area contributed by atoms with Crippen LogP contribution in [0.3, 0.4) is 0 Å². The molecule has 2 aromatic heterocycles. The van der Waals surface area contributed by atoms with Crippen molar-refractivity contribution in [3.05, 3.63) is 175 Å². The quantitative estimate of drug-likeness (QED) is 0.170. The molecule has 2 nitrogen and oxygen atoms in total. The molecule has 0 saturated heterocycles. The van der Waals surface area contributed by atoms with Gasteiger partial charge in [-0.2, -0.15) is 0 Å². The molecule has 55 heavy (non-hydrogen) atoms. The summed E-state index contributed by atoms with van der Waals surface area (Å²) in [4.78, 5) is 2.42. The molecule has 10 aromatic rings. The lowest BCUT2D eigenvalue weighted by Gasteiger charge is -2.29. The molecule has 0 N–H and O–H groups in total. The first-order valence-corrected chi connectivity index (χ1v) is 20.4. The van der Waals surface area contributed by atoms with E-state index >= 15 is 0 Å². The topological polar surface area (TPSA) is 16.4 Å². The van der Waals surface area contributed by atoms with E-state index in [2.05, 4.69) is 169 Å². The maximum atomic E-state index is 6.49. The SMILES string of the molecule is c1ccc(N(c2ccc(-c3cccc4sc5ccccc5c34)cc2)c2ccc3c(c2)oc2ccccc23)c(-c2cccc3cccc(C4CCCCC4)c23)c1. The van der Waals surface area contributed by atoms with Crippen LogP contribution in [0, 0.1) is 0 Å². The summed E-state index contributed by atoms with van der Waals surface area (Å²) >= 11 is 1.87. The third-order valence-corrected chi connectivity index (χ3v) is 13.0. The van der Waals surface area contributed by atoms with E-state index in [1.165, 1.54) is 90.9 Å². The zero-order valence-electron chi connectivity index (χ0n) is 30.5. The summed E-state index contributed by atoms with van der Waals surface area (Å²) in [7, 11) is 0. The molecule has 1 saturated carbocycles. The molecule has 8 aromatic carbocycles. The van der Waals surface area contributed by atoms with E-state index in [4.69, 9.17) is 4.42 Å². The summed E-state index contributed by atoms with van der Waals surface area (Å²) in [5.41, 5.74) is 11.6. The first-order chi connectivity index (χ1) is 27.3. The van der Waals surface area contributed by atoms with Crippen molar-refractivity contribution in [1.29, 1.82) is 0 Å². The van der Waals surface area contributed by atoms with E-state index in [-0.39, 0.29) is 0 Å². The minimum absolute atomic E-state index is 0.592. The van der Waals surface area contributed by atoms with E-state index in [0.717, 1.165) is 39.0 Å². The van der Waals surface area contributed by atoms with Crippen molar-refractivity contribution in [3.8, 4) is 22.3 Å². The fourth-order valence-corrected chi connectivity index (χ4v) is 10.5. The molecule has 11 rings (SSSR count). The fourth-order valence-electron chi connectivity index (χ4n) is 9.33. The molecular formula is C52H39NOS. The molecule has 0 aliphatic heterocycles. The van der Waals surface area contributed by atoms with Gasteiger partial charge < -0.3 is 9.32 Å². The second-order valence-corrected chi connectivity index (χ2v) is 16.1. The Morgan fingerprint density at radius 1 is 0.473 bits per heavy atom. The minimum atomic E-state index is 0.592. The number of furan rings is 1. The maximum absolute atomic E-state index is 6.49. The number of hydrogen-bond donors (Lipinski definition) is 0. The van der Waals surface area contributed by atoms with E-state index in [1.807, 2.05) is 17.4 Å². The molecule has 0 spiro atoms. The van der Waals surface area contributed by atoms with Crippen molar-refractivity contribution < 1.29 is 4.42 Å². The molecule has 0 unspecified atom stereocenters. The first kappa shape index (κ1) is 32.3. The molecule has 0 bridgehead atoms. The summed E-state index contributed by atoms with van der Waals surface area (Å²) in [6.45, 7) is 0. The summed E-state index contributed by atoms with van der Waals surface area (Å²) in [6.07, 6.45) is 6.50. The van der Waals surface area contributed by atoms with Crippen LogP contribution in [-0.4, -0.2) is 0 Å². The number of rotatable bonds is 6. The second-order valence-electron chi connectivity index (χ2n) is 15.0. The Kier molecular flexibility index (Phi) is 7.81. The van der Waals surface area contributed by atoms with Gasteiger partial charge in [0.1, 0.15) is 11.2 Å². The van der Waals surface area contributed by atoms with Crippen molar-refractivity contribution in [2.75, 3.05) is 4.90 Å². The van der Waals surface area contributed by atoms with Crippen LogP contribution < -0.4 is 4.90 Å². The predicted molar refractivity (Wildman–Crippen MR) is 235 cm³/mol. The highest BCUT2D eigenvalue weighted by Crippen LogP contribution is 2.47. The van der Waals surface area contributed by atoms with Crippen molar-refractivity contribution >= 4 is 81.3 Å². The molecule has 264 valence electrons. The third-order valence-electron chi connectivity index (χ3n) is 11.9. The summed E-state index contributed by atoms with van der Waals surface area (Å²) in [5.74, 6) is 0.592. The van der Waals surface area contributed by atoms with E-state index in [0.29, 0.717) is 5.92 Å². The minimum Gasteiger partial charge on any atom is -0.456 e. The Morgan fingerprint density at radius 2 is 1.15 bits per heavy atom. The van der Waals surface area contributed by atoms with Gasteiger partial charge in [0.05, 0.1) is 5.69 Å². The molecule has 0 radical (unpaired) electrons. The lowest BCUT2D eigenvalue weighted by Crippen LogP contribution is -2.11. The Labute approximate surface area is 324 Å². The highest BCUT2D eigenvalue weighted by Gasteiger charge is 2.23.